The lowest BCUT2D eigenvalue weighted by Gasteiger charge is -2.20. The van der Waals surface area contributed by atoms with Crippen LogP contribution in [0.2, 0.25) is 0 Å². The van der Waals surface area contributed by atoms with Gasteiger partial charge in [0.25, 0.3) is 0 Å². The van der Waals surface area contributed by atoms with Crippen molar-refractivity contribution < 1.29 is 45.7 Å². The Morgan fingerprint density at radius 3 is 2.09 bits per heavy atom. The fourth-order valence-electron chi connectivity index (χ4n) is 5.37. The minimum atomic E-state index is -4.50. The molecule has 3 aromatic rings. The summed E-state index contributed by atoms with van der Waals surface area (Å²) in [4.78, 5) is 13.7. The predicted molar refractivity (Wildman–Crippen MR) is 154 cm³/mol. The summed E-state index contributed by atoms with van der Waals surface area (Å²) < 4.78 is 89.9. The molecular weight excluding hydrogens is 637 g/mol. The van der Waals surface area contributed by atoms with Gasteiger partial charge in [0.1, 0.15) is 23.9 Å². The Morgan fingerprint density at radius 2 is 1.50 bits per heavy atom. The van der Waals surface area contributed by atoms with E-state index in [2.05, 4.69) is 5.32 Å². The van der Waals surface area contributed by atoms with E-state index in [0.29, 0.717) is 48.4 Å². The zero-order chi connectivity index (χ0) is 30.0. The Morgan fingerprint density at radius 1 is 0.909 bits per heavy atom. The fourth-order valence-corrected chi connectivity index (χ4v) is 5.37. The predicted octanol–water partition coefficient (Wildman–Crippen LogP) is 6.14. The average molecular weight is 667 g/mol. The summed E-state index contributed by atoms with van der Waals surface area (Å²) in [6.45, 7) is 2.70. The first-order valence-electron chi connectivity index (χ1n) is 13.4. The monoisotopic (exact) mass is 666 g/mol. The number of ether oxygens (including phenoxy) is 2. The Bertz CT molecular complexity index is 1400. The number of carboxylic acid groups (broad SMARTS) is 1. The summed E-state index contributed by atoms with van der Waals surface area (Å²) in [5, 5.41) is 13.0. The van der Waals surface area contributed by atoms with Crippen LogP contribution in [-0.4, -0.2) is 54.4 Å². The van der Waals surface area contributed by atoms with E-state index in [1.165, 1.54) is 0 Å². The molecule has 6 nitrogen and oxygen atoms in total. The van der Waals surface area contributed by atoms with Crippen molar-refractivity contribution in [1.29, 1.82) is 0 Å². The van der Waals surface area contributed by atoms with Crippen LogP contribution in [0.3, 0.4) is 0 Å². The molecule has 44 heavy (non-hydrogen) atoms. The molecule has 4 atom stereocenters. The number of carboxylic acids is 1. The minimum Gasteiger partial charge on any atom is -0.492 e. The van der Waals surface area contributed by atoms with Crippen molar-refractivity contribution in [1.82, 2.24) is 10.2 Å². The van der Waals surface area contributed by atoms with Crippen LogP contribution in [0.5, 0.6) is 11.5 Å². The average Bonchev–Trinajstić information content (AvgIpc) is 3.39. The zero-order valence-corrected chi connectivity index (χ0v) is 24.7. The highest BCUT2D eigenvalue weighted by atomic mass is 35.5. The molecule has 3 aromatic carbocycles. The number of hydrogen-bond acceptors (Lipinski definition) is 5. The molecule has 2 fully saturated rings. The summed E-state index contributed by atoms with van der Waals surface area (Å²) in [5.74, 6) is -2.82. The molecule has 1 saturated heterocycles. The van der Waals surface area contributed by atoms with Gasteiger partial charge in [-0.05, 0) is 59.9 Å². The second-order valence-electron chi connectivity index (χ2n) is 10.5. The van der Waals surface area contributed by atoms with E-state index < -0.39 is 41.3 Å². The lowest BCUT2D eigenvalue weighted by Crippen LogP contribution is -2.33. The Kier molecular flexibility index (Phi) is 11.8. The number of nitrogens with zero attached hydrogens (tertiary/aromatic N) is 1. The van der Waals surface area contributed by atoms with Gasteiger partial charge in [0.05, 0.1) is 5.56 Å². The van der Waals surface area contributed by atoms with Gasteiger partial charge in [-0.1, -0.05) is 12.1 Å². The molecule has 0 aromatic heterocycles. The van der Waals surface area contributed by atoms with Crippen molar-refractivity contribution in [3.05, 3.63) is 94.8 Å². The van der Waals surface area contributed by atoms with Gasteiger partial charge in [0.2, 0.25) is 0 Å². The first-order valence-corrected chi connectivity index (χ1v) is 13.4. The van der Waals surface area contributed by atoms with Crippen molar-refractivity contribution in [2.45, 2.75) is 31.3 Å². The van der Waals surface area contributed by atoms with Gasteiger partial charge < -0.3 is 19.9 Å². The largest absolute Gasteiger partial charge is 0.492 e. The van der Waals surface area contributed by atoms with Crippen molar-refractivity contribution in [2.75, 3.05) is 26.2 Å². The summed E-state index contributed by atoms with van der Waals surface area (Å²) in [6.07, 6.45) is -5.78. The highest BCUT2D eigenvalue weighted by Crippen LogP contribution is 2.45. The fraction of sp³-hybridized carbons (Fsp3) is 0.367. The molecule has 0 spiro atoms. The van der Waals surface area contributed by atoms with Crippen LogP contribution >= 0.6 is 24.8 Å². The molecule has 1 saturated carbocycles. The number of piperidine rings is 1. The molecule has 1 aliphatic carbocycles. The van der Waals surface area contributed by atoms with Gasteiger partial charge in [0.15, 0.2) is 17.7 Å². The number of fused-ring (bicyclic) bond motifs is 1. The van der Waals surface area contributed by atoms with E-state index in [4.69, 9.17) is 9.47 Å². The quantitative estimate of drug-likeness (QED) is 0.138. The second kappa shape index (κ2) is 14.7. The number of alkyl halides is 3. The number of hydrogen-bond donors (Lipinski definition) is 2. The third-order valence-corrected chi connectivity index (χ3v) is 7.58. The summed E-state index contributed by atoms with van der Waals surface area (Å²) >= 11 is 0. The first-order chi connectivity index (χ1) is 20.0. The molecular formula is C30H30Cl2F6N2O4. The van der Waals surface area contributed by atoms with E-state index in [0.717, 1.165) is 43.4 Å². The van der Waals surface area contributed by atoms with E-state index in [-0.39, 0.29) is 49.1 Å². The highest BCUT2D eigenvalue weighted by molar-refractivity contribution is 5.85. The zero-order valence-electron chi connectivity index (χ0n) is 23.0. The standard InChI is InChI=1S/C30H28F6N2O4.2ClH/c31-24-13-26(33)25(32)12-18(24)14-38-15-22-23(16-38)28(22)37-9-10-41-20-5-1-17(2-6-20)11-27(29(39)40)42-21-7-3-19(4-8-21)30(34,35)36;;/h1-8,12-13,22-23,27-28,37H,9-11,14-16H2,(H,39,40);2*1H/t22-,23?,27-,28+;;/m0../s1. The second-order valence-corrected chi connectivity index (χ2v) is 10.5. The molecule has 2 N–H and O–H groups in total. The maximum Gasteiger partial charge on any atom is 0.416 e. The van der Waals surface area contributed by atoms with Gasteiger partial charge in [-0.25, -0.2) is 18.0 Å². The lowest BCUT2D eigenvalue weighted by atomic mass is 10.1. The van der Waals surface area contributed by atoms with Crippen molar-refractivity contribution in [2.24, 2.45) is 11.8 Å². The van der Waals surface area contributed by atoms with E-state index >= 15 is 0 Å². The Hall–Kier alpha value is -3.19. The van der Waals surface area contributed by atoms with Gasteiger partial charge in [0, 0.05) is 50.3 Å². The molecule has 0 bridgehead atoms. The number of rotatable bonds is 12. The van der Waals surface area contributed by atoms with Crippen LogP contribution in [0.15, 0.2) is 60.7 Å². The summed E-state index contributed by atoms with van der Waals surface area (Å²) in [6, 6.07) is 12.5. The molecule has 0 radical (unpaired) electrons. The van der Waals surface area contributed by atoms with E-state index in [1.54, 1.807) is 24.3 Å². The molecule has 14 heteroatoms. The summed E-state index contributed by atoms with van der Waals surface area (Å²) in [5.41, 5.74) is -0.0584. The van der Waals surface area contributed by atoms with Crippen molar-refractivity contribution >= 4 is 30.8 Å². The maximum atomic E-state index is 13.9. The minimum absolute atomic E-state index is 0. The highest BCUT2D eigenvalue weighted by Gasteiger charge is 2.55. The van der Waals surface area contributed by atoms with Crippen molar-refractivity contribution in [3.8, 4) is 11.5 Å². The summed E-state index contributed by atoms with van der Waals surface area (Å²) in [7, 11) is 0. The van der Waals surface area contributed by atoms with Crippen LogP contribution < -0.4 is 14.8 Å². The molecule has 240 valence electrons. The molecule has 1 unspecified atom stereocenters. The third kappa shape index (κ3) is 8.71. The lowest BCUT2D eigenvalue weighted by molar-refractivity contribution is -0.145. The van der Waals surface area contributed by atoms with Gasteiger partial charge in [-0.15, -0.1) is 24.8 Å². The van der Waals surface area contributed by atoms with Gasteiger partial charge in [-0.2, -0.15) is 13.2 Å². The van der Waals surface area contributed by atoms with Gasteiger partial charge >= 0.3 is 12.1 Å². The smallest absolute Gasteiger partial charge is 0.416 e. The number of likely N-dealkylation sites (tertiary alicyclic amines) is 1. The molecule has 0 amide bonds. The van der Waals surface area contributed by atoms with Crippen LogP contribution in [0, 0.1) is 29.3 Å². The molecule has 1 aliphatic heterocycles. The van der Waals surface area contributed by atoms with E-state index in [1.807, 2.05) is 4.90 Å². The van der Waals surface area contributed by atoms with Gasteiger partial charge in [-0.3, -0.25) is 4.90 Å². The van der Waals surface area contributed by atoms with Crippen LogP contribution in [0.1, 0.15) is 16.7 Å². The molecule has 2 aliphatic rings. The van der Waals surface area contributed by atoms with Crippen LogP contribution in [0.25, 0.3) is 0 Å². The first kappa shape index (κ1) is 35.3. The third-order valence-electron chi connectivity index (χ3n) is 7.58. The maximum absolute atomic E-state index is 13.9. The number of halogens is 8. The Balaban J connectivity index is 0.00000264. The topological polar surface area (TPSA) is 71.0 Å². The van der Waals surface area contributed by atoms with Crippen molar-refractivity contribution in [3.63, 3.8) is 0 Å². The van der Waals surface area contributed by atoms with Crippen LogP contribution in [-0.2, 0) is 23.9 Å². The molecule has 1 heterocycles. The van der Waals surface area contributed by atoms with E-state index in [9.17, 15) is 36.2 Å². The number of carbonyl (C=O) groups is 1. The molecule has 5 rings (SSSR count). The number of nitrogens with one attached hydrogen (secondary N) is 1. The normalized spacial score (nSPS) is 19.7. The number of aliphatic carboxylic acids is 1. The SMILES string of the molecule is Cl.Cl.O=C(O)[C@H](Cc1ccc(OCCN[C@H]2C3CN(Cc4cc(F)c(F)cc4F)C[C@@H]32)cc1)Oc1ccc(C(F)(F)F)cc1. The number of benzene rings is 3. The Labute approximate surface area is 262 Å². The van der Waals surface area contributed by atoms with Crippen LogP contribution in [0.4, 0.5) is 26.3 Å².